The van der Waals surface area contributed by atoms with Gasteiger partial charge >= 0.3 is 5.97 Å². The minimum Gasteiger partial charge on any atom is -0.431 e. The summed E-state index contributed by atoms with van der Waals surface area (Å²) >= 11 is 0. The van der Waals surface area contributed by atoms with Gasteiger partial charge in [-0.3, -0.25) is 4.79 Å². The molecule has 0 aliphatic heterocycles. The molecule has 0 N–H and O–H groups in total. The molecule has 0 aromatic carbocycles. The minimum atomic E-state index is -0.203. The average molecular weight is 210 g/mol. The van der Waals surface area contributed by atoms with Gasteiger partial charge in [-0.2, -0.15) is 0 Å². The molecule has 0 unspecified atom stereocenters. The number of allylic oxidation sites excluding steroid dienone is 2. The second-order valence-electron chi connectivity index (χ2n) is 5.77. The Morgan fingerprint density at radius 2 is 1.73 bits per heavy atom. The summed E-state index contributed by atoms with van der Waals surface area (Å²) in [7, 11) is 0. The summed E-state index contributed by atoms with van der Waals surface area (Å²) in [5, 5.41) is 0. The lowest BCUT2D eigenvalue weighted by Gasteiger charge is -2.19. The van der Waals surface area contributed by atoms with Crippen LogP contribution in [0.4, 0.5) is 0 Å². The van der Waals surface area contributed by atoms with Gasteiger partial charge in [0.1, 0.15) is 5.76 Å². The van der Waals surface area contributed by atoms with Crippen molar-refractivity contribution in [1.82, 2.24) is 0 Å². The van der Waals surface area contributed by atoms with Gasteiger partial charge in [-0.05, 0) is 37.2 Å². The van der Waals surface area contributed by atoms with E-state index >= 15 is 0 Å². The lowest BCUT2D eigenvalue weighted by atomic mass is 9.88. The fourth-order valence-corrected chi connectivity index (χ4v) is 2.15. The summed E-state index contributed by atoms with van der Waals surface area (Å²) in [4.78, 5) is 11.0. The first-order valence-electron chi connectivity index (χ1n) is 5.59. The maximum Gasteiger partial charge on any atom is 0.307 e. The van der Waals surface area contributed by atoms with E-state index in [4.69, 9.17) is 4.74 Å². The molecule has 0 spiro atoms. The number of carbonyl (C=O) groups excluding carboxylic acids is 1. The molecule has 1 aliphatic carbocycles. The van der Waals surface area contributed by atoms with Crippen LogP contribution in [0.1, 0.15) is 48.0 Å². The molecule has 0 heterocycles. The molecule has 2 atom stereocenters. The molecule has 1 saturated carbocycles. The van der Waals surface area contributed by atoms with Crippen LogP contribution in [0, 0.1) is 17.3 Å². The lowest BCUT2D eigenvalue weighted by Crippen LogP contribution is -2.12. The van der Waals surface area contributed by atoms with E-state index in [0.717, 1.165) is 17.8 Å². The number of hydrogen-bond acceptors (Lipinski definition) is 2. The van der Waals surface area contributed by atoms with Crippen molar-refractivity contribution in [2.75, 3.05) is 0 Å². The zero-order chi connectivity index (χ0) is 11.8. The lowest BCUT2D eigenvalue weighted by molar-refractivity contribution is -0.137. The fraction of sp³-hybridized carbons (Fsp3) is 0.769. The maximum absolute atomic E-state index is 11.0. The standard InChI is InChI=1S/C13H22O2/c1-8(2)12(15-9(3)14)10-7-11(10)13(4,5)6/h10-11H,7H2,1-6H3/t10-,11-/m1/s1. The first-order chi connectivity index (χ1) is 6.73. The number of hydrogen-bond donors (Lipinski definition) is 0. The zero-order valence-electron chi connectivity index (χ0n) is 10.7. The van der Waals surface area contributed by atoms with Crippen LogP contribution in [-0.2, 0) is 9.53 Å². The molecular formula is C13H22O2. The van der Waals surface area contributed by atoms with Crippen molar-refractivity contribution in [1.29, 1.82) is 0 Å². The first kappa shape index (κ1) is 12.3. The van der Waals surface area contributed by atoms with E-state index in [1.807, 2.05) is 13.8 Å². The minimum absolute atomic E-state index is 0.203. The first-order valence-corrected chi connectivity index (χ1v) is 5.59. The van der Waals surface area contributed by atoms with Gasteiger partial charge in [0.05, 0.1) is 0 Å². The monoisotopic (exact) mass is 210 g/mol. The maximum atomic E-state index is 11.0. The van der Waals surface area contributed by atoms with Crippen molar-refractivity contribution in [3.05, 3.63) is 11.3 Å². The summed E-state index contributed by atoms with van der Waals surface area (Å²) in [6.45, 7) is 12.2. The second-order valence-corrected chi connectivity index (χ2v) is 5.77. The van der Waals surface area contributed by atoms with Gasteiger partial charge in [0, 0.05) is 12.8 Å². The Labute approximate surface area is 92.7 Å². The largest absolute Gasteiger partial charge is 0.431 e. The molecule has 2 nitrogen and oxygen atoms in total. The van der Waals surface area contributed by atoms with Crippen molar-refractivity contribution in [3.63, 3.8) is 0 Å². The van der Waals surface area contributed by atoms with Gasteiger partial charge in [-0.1, -0.05) is 20.8 Å². The molecule has 86 valence electrons. The van der Waals surface area contributed by atoms with Crippen molar-refractivity contribution < 1.29 is 9.53 Å². The van der Waals surface area contributed by atoms with E-state index in [-0.39, 0.29) is 5.97 Å². The molecule has 1 aliphatic rings. The van der Waals surface area contributed by atoms with Crippen molar-refractivity contribution in [3.8, 4) is 0 Å². The molecule has 1 rings (SSSR count). The Kier molecular flexibility index (Phi) is 3.27. The highest BCUT2D eigenvalue weighted by Crippen LogP contribution is 2.54. The Morgan fingerprint density at radius 3 is 2.00 bits per heavy atom. The van der Waals surface area contributed by atoms with Gasteiger partial charge < -0.3 is 4.74 Å². The predicted molar refractivity (Wildman–Crippen MR) is 61.2 cm³/mol. The van der Waals surface area contributed by atoms with Crippen molar-refractivity contribution in [2.24, 2.45) is 17.3 Å². The summed E-state index contributed by atoms with van der Waals surface area (Å²) in [5.41, 5.74) is 1.44. The van der Waals surface area contributed by atoms with Crippen LogP contribution in [-0.4, -0.2) is 5.97 Å². The van der Waals surface area contributed by atoms with Crippen LogP contribution in [0.3, 0.4) is 0 Å². The molecule has 1 fully saturated rings. The van der Waals surface area contributed by atoms with E-state index in [1.165, 1.54) is 6.92 Å². The van der Waals surface area contributed by atoms with Gasteiger partial charge in [-0.15, -0.1) is 0 Å². The SMILES string of the molecule is CC(=O)OC(=C(C)C)[C@@H]1C[C@H]1C(C)(C)C. The summed E-state index contributed by atoms with van der Waals surface area (Å²) in [5.74, 6) is 1.81. The van der Waals surface area contributed by atoms with Crippen LogP contribution in [0.15, 0.2) is 11.3 Å². The number of carbonyl (C=O) groups is 1. The van der Waals surface area contributed by atoms with E-state index in [1.54, 1.807) is 0 Å². The normalized spacial score (nSPS) is 24.7. The number of rotatable bonds is 2. The highest BCUT2D eigenvalue weighted by atomic mass is 16.5. The molecule has 15 heavy (non-hydrogen) atoms. The quantitative estimate of drug-likeness (QED) is 0.515. The van der Waals surface area contributed by atoms with Crippen LogP contribution in [0.25, 0.3) is 0 Å². The van der Waals surface area contributed by atoms with Gasteiger partial charge in [0.15, 0.2) is 0 Å². The van der Waals surface area contributed by atoms with Crippen LogP contribution in [0.2, 0.25) is 0 Å². The number of esters is 1. The average Bonchev–Trinajstić information content (AvgIpc) is 2.76. The number of ether oxygens (including phenoxy) is 1. The molecular weight excluding hydrogens is 188 g/mol. The van der Waals surface area contributed by atoms with Crippen molar-refractivity contribution in [2.45, 2.75) is 48.0 Å². The molecule has 0 bridgehead atoms. The van der Waals surface area contributed by atoms with E-state index < -0.39 is 0 Å². The molecule has 0 amide bonds. The summed E-state index contributed by atoms with van der Waals surface area (Å²) in [6, 6.07) is 0. The van der Waals surface area contributed by atoms with Crippen LogP contribution < -0.4 is 0 Å². The Balaban J connectivity index is 2.72. The third kappa shape index (κ3) is 3.08. The van der Waals surface area contributed by atoms with Crippen LogP contribution >= 0.6 is 0 Å². The molecule has 2 heteroatoms. The Hall–Kier alpha value is -0.790. The van der Waals surface area contributed by atoms with Gasteiger partial charge in [-0.25, -0.2) is 0 Å². The van der Waals surface area contributed by atoms with Crippen LogP contribution in [0.5, 0.6) is 0 Å². The zero-order valence-corrected chi connectivity index (χ0v) is 10.7. The Morgan fingerprint density at radius 1 is 1.20 bits per heavy atom. The second kappa shape index (κ2) is 3.99. The molecule has 0 aromatic rings. The molecule has 0 radical (unpaired) electrons. The molecule has 0 aromatic heterocycles. The van der Waals surface area contributed by atoms with Crippen molar-refractivity contribution >= 4 is 5.97 Å². The predicted octanol–water partition coefficient (Wildman–Crippen LogP) is 3.53. The fourth-order valence-electron chi connectivity index (χ4n) is 2.15. The smallest absolute Gasteiger partial charge is 0.307 e. The topological polar surface area (TPSA) is 26.3 Å². The highest BCUT2D eigenvalue weighted by Gasteiger charge is 2.48. The third-order valence-electron chi connectivity index (χ3n) is 2.99. The summed E-state index contributed by atoms with van der Waals surface area (Å²) in [6.07, 6.45) is 1.15. The molecule has 0 saturated heterocycles. The third-order valence-corrected chi connectivity index (χ3v) is 2.99. The summed E-state index contributed by atoms with van der Waals surface area (Å²) < 4.78 is 5.30. The highest BCUT2D eigenvalue weighted by molar-refractivity contribution is 5.67. The van der Waals surface area contributed by atoms with Gasteiger partial charge in [0.25, 0.3) is 0 Å². The van der Waals surface area contributed by atoms with Gasteiger partial charge in [0.2, 0.25) is 0 Å². The Bertz CT molecular complexity index is 290. The van der Waals surface area contributed by atoms with E-state index in [2.05, 4.69) is 20.8 Å². The van der Waals surface area contributed by atoms with E-state index in [9.17, 15) is 4.79 Å². The van der Waals surface area contributed by atoms with E-state index in [0.29, 0.717) is 17.3 Å².